The van der Waals surface area contributed by atoms with E-state index in [0.29, 0.717) is 0 Å². The van der Waals surface area contributed by atoms with Crippen LogP contribution in [0.2, 0.25) is 0 Å². The first-order valence-electron chi connectivity index (χ1n) is 30.6. The van der Waals surface area contributed by atoms with Gasteiger partial charge in [0.05, 0.1) is 28.1 Å². The van der Waals surface area contributed by atoms with E-state index in [2.05, 4.69) is 308 Å². The number of rotatable bonds is 4. The van der Waals surface area contributed by atoms with E-state index in [1.807, 2.05) is 0 Å². The summed E-state index contributed by atoms with van der Waals surface area (Å²) in [5.41, 5.74) is 27.3. The van der Waals surface area contributed by atoms with Gasteiger partial charge < -0.3 is 23.7 Å². The molecule has 84 heavy (non-hydrogen) atoms. The van der Waals surface area contributed by atoms with Crippen LogP contribution < -0.4 is 31.1 Å². The van der Waals surface area contributed by atoms with Crippen molar-refractivity contribution in [1.82, 2.24) is 4.57 Å². The molecule has 0 N–H and O–H groups in total. The number of aromatic nitrogens is 1. The molecule has 3 aliphatic rings. The van der Waals surface area contributed by atoms with Gasteiger partial charge in [-0.05, 0) is 179 Å². The fraction of sp³-hybridized carbons (Fsp3) is 0.308. The van der Waals surface area contributed by atoms with Gasteiger partial charge in [-0.25, -0.2) is 0 Å². The zero-order chi connectivity index (χ0) is 59.3. The maximum atomic E-state index is 6.82. The molecular formula is C78H81BN4O. The predicted octanol–water partition coefficient (Wildman–Crippen LogP) is 20.3. The number of hydrogen-bond donors (Lipinski definition) is 0. The smallest absolute Gasteiger partial charge is 0.252 e. The maximum absolute atomic E-state index is 6.82. The van der Waals surface area contributed by atoms with E-state index in [0.717, 1.165) is 50.4 Å². The molecule has 0 radical (unpaired) electrons. The average Bonchev–Trinajstić information content (AvgIpc) is 1.14. The summed E-state index contributed by atoms with van der Waals surface area (Å²) in [6.07, 6.45) is 0. The zero-order valence-electron chi connectivity index (χ0n) is 52.9. The standard InChI is InChI=1S/C78H81BN4O/c1-73(2,3)46-23-28-52(29-24-46)80(53-30-25-47(26-31-53)74(4,5)6)54-33-35-60-63(44-54)81(55-32-34-57-56-21-19-20-22-68(56)84-69(57)45-55)64-40-51(78(16,17)18)41-65-70(64)79(60)61-39-50(77(13,14)15)43-67-72(61)83(65)66-42-49(76(10,11)12)38-59-58-37-48(75(7,8)9)27-36-62(58)82(67)71(59)66/h19-45H,1-18H3. The first-order chi connectivity index (χ1) is 39.4. The molecule has 11 aromatic rings. The van der Waals surface area contributed by atoms with Gasteiger partial charge in [0.25, 0.3) is 6.71 Å². The normalized spacial score (nSPS) is 14.2. The Morgan fingerprint density at radius 1 is 0.345 bits per heavy atom. The van der Waals surface area contributed by atoms with Gasteiger partial charge in [-0.15, -0.1) is 0 Å². The highest BCUT2D eigenvalue weighted by molar-refractivity contribution is 7.00. The molecule has 0 bridgehead atoms. The lowest BCUT2D eigenvalue weighted by Gasteiger charge is -2.47. The van der Waals surface area contributed by atoms with Gasteiger partial charge in [-0.1, -0.05) is 185 Å². The van der Waals surface area contributed by atoms with Crippen LogP contribution in [-0.2, 0) is 32.5 Å². The molecular weight excluding hydrogens is 1020 g/mol. The third kappa shape index (κ3) is 8.31. The summed E-state index contributed by atoms with van der Waals surface area (Å²) in [7, 11) is 0. The van der Waals surface area contributed by atoms with E-state index in [9.17, 15) is 0 Å². The molecule has 0 saturated heterocycles. The number of furan rings is 1. The van der Waals surface area contributed by atoms with Crippen LogP contribution in [0.1, 0.15) is 158 Å². The van der Waals surface area contributed by atoms with Gasteiger partial charge in [0, 0.05) is 67.4 Å². The van der Waals surface area contributed by atoms with Crippen molar-refractivity contribution in [2.45, 2.75) is 157 Å². The Balaban J connectivity index is 1.12. The van der Waals surface area contributed by atoms with Gasteiger partial charge in [-0.3, -0.25) is 0 Å². The fourth-order valence-corrected chi connectivity index (χ4v) is 13.8. The summed E-state index contributed by atoms with van der Waals surface area (Å²) < 4.78 is 9.47. The van der Waals surface area contributed by atoms with Crippen molar-refractivity contribution >= 4 is 118 Å². The van der Waals surface area contributed by atoms with Crippen LogP contribution in [0.4, 0.5) is 51.2 Å². The number of anilines is 9. The second-order valence-corrected chi connectivity index (χ2v) is 30.9. The van der Waals surface area contributed by atoms with E-state index in [4.69, 9.17) is 4.42 Å². The third-order valence-corrected chi connectivity index (χ3v) is 18.8. The van der Waals surface area contributed by atoms with Crippen molar-refractivity contribution in [1.29, 1.82) is 0 Å². The van der Waals surface area contributed by atoms with E-state index in [1.165, 1.54) is 100 Å². The number of hydrogen-bond acceptors (Lipinski definition) is 4. The highest BCUT2D eigenvalue weighted by Crippen LogP contribution is 2.56. The summed E-state index contributed by atoms with van der Waals surface area (Å²) in [6.45, 7) is 42.1. The molecule has 422 valence electrons. The van der Waals surface area contributed by atoms with Crippen LogP contribution >= 0.6 is 0 Å². The van der Waals surface area contributed by atoms with Gasteiger partial charge >= 0.3 is 0 Å². The quantitative estimate of drug-likeness (QED) is 0.164. The number of fused-ring (bicyclic) bond motifs is 12. The molecule has 2 aromatic heterocycles. The van der Waals surface area contributed by atoms with E-state index in [-0.39, 0.29) is 39.2 Å². The van der Waals surface area contributed by atoms with Crippen LogP contribution in [0, 0.1) is 0 Å². The van der Waals surface area contributed by atoms with Crippen molar-refractivity contribution in [2.24, 2.45) is 0 Å². The Bertz CT molecular complexity index is 4490. The molecule has 0 fully saturated rings. The SMILES string of the molecule is CC(C)(C)c1ccc(N(c2ccc(C(C)(C)C)cc2)c2ccc3c(c2)N(c2ccc4c(c2)oc2ccccc24)c2cc(C(C)(C)C)cc4c2B3c2cc(C(C)(C)C)cc3c2N4c2cc(C(C)(C)C)cc4c5cc(C(C)(C)C)ccc5n-3c24)cc1. The van der Waals surface area contributed by atoms with Crippen molar-refractivity contribution in [3.05, 3.63) is 197 Å². The topological polar surface area (TPSA) is 27.8 Å². The molecule has 5 heterocycles. The average molecular weight is 1100 g/mol. The first kappa shape index (κ1) is 54.0. The lowest BCUT2D eigenvalue weighted by atomic mass is 9.33. The second-order valence-electron chi connectivity index (χ2n) is 30.9. The van der Waals surface area contributed by atoms with Gasteiger partial charge in [0.1, 0.15) is 11.2 Å². The Labute approximate surface area is 499 Å². The molecule has 5 nitrogen and oxygen atoms in total. The molecule has 0 unspecified atom stereocenters. The summed E-state index contributed by atoms with van der Waals surface area (Å²) in [5.74, 6) is 0. The van der Waals surface area contributed by atoms with Gasteiger partial charge in [0.2, 0.25) is 0 Å². The van der Waals surface area contributed by atoms with Crippen molar-refractivity contribution in [3.8, 4) is 5.69 Å². The Morgan fingerprint density at radius 3 is 1.45 bits per heavy atom. The zero-order valence-corrected chi connectivity index (χ0v) is 52.9. The molecule has 0 aliphatic carbocycles. The summed E-state index contributed by atoms with van der Waals surface area (Å²) in [4.78, 5) is 7.77. The number of para-hydroxylation sites is 1. The van der Waals surface area contributed by atoms with Crippen molar-refractivity contribution in [3.63, 3.8) is 0 Å². The van der Waals surface area contributed by atoms with E-state index >= 15 is 0 Å². The third-order valence-electron chi connectivity index (χ3n) is 18.8. The monoisotopic (exact) mass is 1100 g/mol. The molecule has 9 aromatic carbocycles. The minimum absolute atomic E-state index is 0.00932. The van der Waals surface area contributed by atoms with Crippen molar-refractivity contribution in [2.75, 3.05) is 14.7 Å². The minimum atomic E-state index is -0.206. The van der Waals surface area contributed by atoms with Crippen LogP contribution in [0.3, 0.4) is 0 Å². The van der Waals surface area contributed by atoms with Crippen LogP contribution in [0.15, 0.2) is 168 Å². The first-order valence-corrected chi connectivity index (χ1v) is 30.6. The lowest BCUT2D eigenvalue weighted by Crippen LogP contribution is -2.62. The fourth-order valence-electron chi connectivity index (χ4n) is 13.8. The Morgan fingerprint density at radius 2 is 0.845 bits per heavy atom. The number of benzene rings is 9. The molecule has 0 atom stereocenters. The summed E-state index contributed by atoms with van der Waals surface area (Å²) >= 11 is 0. The predicted molar refractivity (Wildman–Crippen MR) is 363 cm³/mol. The highest BCUT2D eigenvalue weighted by atomic mass is 16.3. The minimum Gasteiger partial charge on any atom is -0.456 e. The van der Waals surface area contributed by atoms with Crippen LogP contribution in [0.25, 0.3) is 49.4 Å². The molecule has 0 amide bonds. The van der Waals surface area contributed by atoms with Gasteiger partial charge in [-0.2, -0.15) is 0 Å². The van der Waals surface area contributed by atoms with E-state index in [1.54, 1.807) is 0 Å². The highest BCUT2D eigenvalue weighted by Gasteiger charge is 2.48. The molecule has 0 spiro atoms. The Hall–Kier alpha value is -7.96. The maximum Gasteiger partial charge on any atom is 0.252 e. The van der Waals surface area contributed by atoms with Crippen LogP contribution in [-0.4, -0.2) is 11.3 Å². The van der Waals surface area contributed by atoms with Gasteiger partial charge in [0.15, 0.2) is 0 Å². The number of nitrogens with zero attached hydrogens (tertiary/aromatic N) is 4. The lowest BCUT2D eigenvalue weighted by molar-refractivity contribution is 0.589. The van der Waals surface area contributed by atoms with Crippen molar-refractivity contribution < 1.29 is 4.42 Å². The molecule has 14 rings (SSSR count). The van der Waals surface area contributed by atoms with Crippen LogP contribution in [0.5, 0.6) is 0 Å². The summed E-state index contributed by atoms with van der Waals surface area (Å²) in [6, 6.07) is 63.8. The molecule has 0 saturated carbocycles. The Kier molecular flexibility index (Phi) is 11.4. The molecule has 3 aliphatic heterocycles. The van der Waals surface area contributed by atoms with E-state index < -0.39 is 0 Å². The largest absolute Gasteiger partial charge is 0.456 e. The molecule has 6 heteroatoms. The summed E-state index contributed by atoms with van der Waals surface area (Å²) in [5, 5.41) is 4.85. The second kappa shape index (κ2) is 17.8.